The summed E-state index contributed by atoms with van der Waals surface area (Å²) in [6, 6.07) is 67.8. The van der Waals surface area contributed by atoms with Crippen LogP contribution in [-0.4, -0.2) is 4.98 Å². The van der Waals surface area contributed by atoms with Crippen molar-refractivity contribution >= 4 is 34.1 Å². The Bertz CT molecular complexity index is 2640. The highest BCUT2D eigenvalue weighted by Gasteiger charge is 2.43. The van der Waals surface area contributed by atoms with E-state index in [0.717, 1.165) is 45.5 Å². The first-order chi connectivity index (χ1) is 27.3. The zero-order valence-corrected chi connectivity index (χ0v) is 32.2. The van der Waals surface area contributed by atoms with Crippen LogP contribution in [0, 0.1) is 0 Å². The van der Waals surface area contributed by atoms with Crippen LogP contribution in [0.2, 0.25) is 0 Å². The molecule has 0 atom stereocenters. The van der Waals surface area contributed by atoms with Gasteiger partial charge in [-0.05, 0) is 118 Å². The Kier molecular flexibility index (Phi) is 7.83. The van der Waals surface area contributed by atoms with Crippen molar-refractivity contribution in [2.45, 2.75) is 38.5 Å². The van der Waals surface area contributed by atoms with Crippen molar-refractivity contribution in [1.29, 1.82) is 0 Å². The molecule has 0 radical (unpaired) electrons. The summed E-state index contributed by atoms with van der Waals surface area (Å²) < 4.78 is 0. The third-order valence-electron chi connectivity index (χ3n) is 12.0. The summed E-state index contributed by atoms with van der Waals surface area (Å²) in [4.78, 5) is 10.3. The molecule has 0 unspecified atom stereocenters. The Morgan fingerprint density at radius 1 is 0.339 bits per heavy atom. The number of para-hydroxylation sites is 4. The monoisotopic (exact) mass is 721 g/mol. The van der Waals surface area contributed by atoms with Crippen LogP contribution in [0.15, 0.2) is 188 Å². The third kappa shape index (κ3) is 5.38. The van der Waals surface area contributed by atoms with Gasteiger partial charge in [-0.1, -0.05) is 131 Å². The molecule has 0 amide bonds. The fourth-order valence-electron chi connectivity index (χ4n) is 9.03. The lowest BCUT2D eigenvalue weighted by Gasteiger charge is -2.27. The van der Waals surface area contributed by atoms with Crippen LogP contribution in [0.25, 0.3) is 33.5 Å². The summed E-state index contributed by atoms with van der Waals surface area (Å²) in [6.45, 7) is 9.39. The van der Waals surface area contributed by atoms with Gasteiger partial charge in [0.05, 0.1) is 11.4 Å². The Morgan fingerprint density at radius 2 is 0.768 bits per heavy atom. The summed E-state index contributed by atoms with van der Waals surface area (Å²) in [5.74, 6) is 0. The summed E-state index contributed by atoms with van der Waals surface area (Å²) in [5.41, 5.74) is 18.7. The number of nitrogens with zero attached hydrogens (tertiary/aromatic N) is 3. The average Bonchev–Trinajstić information content (AvgIpc) is 3.60. The molecule has 2 aliphatic rings. The average molecular weight is 722 g/mol. The number of fused-ring (bicyclic) bond motifs is 6. The SMILES string of the molecule is CC1(C)c2cc(-c3ccc(N(c4ccccc4)c4ccccc4)cc3)ccc2-c2nc3c(cc21)-c1ccc(N(c2ccccc2)c2ccccc2)cc1C3(C)C. The van der Waals surface area contributed by atoms with Crippen LogP contribution >= 0.6 is 0 Å². The normalized spacial score (nSPS) is 14.0. The highest BCUT2D eigenvalue weighted by atomic mass is 15.1. The Labute approximate surface area is 330 Å². The first-order valence-electron chi connectivity index (χ1n) is 19.6. The highest BCUT2D eigenvalue weighted by molar-refractivity contribution is 5.89. The Morgan fingerprint density at radius 3 is 1.30 bits per heavy atom. The minimum atomic E-state index is -0.267. The Hall–Kier alpha value is -6.71. The van der Waals surface area contributed by atoms with Crippen molar-refractivity contribution in [3.05, 3.63) is 210 Å². The lowest BCUT2D eigenvalue weighted by molar-refractivity contribution is 0.631. The smallest absolute Gasteiger partial charge is 0.0750 e. The number of rotatable bonds is 7. The largest absolute Gasteiger partial charge is 0.311 e. The molecule has 0 fully saturated rings. The number of hydrogen-bond acceptors (Lipinski definition) is 3. The van der Waals surface area contributed by atoms with Crippen molar-refractivity contribution in [3.63, 3.8) is 0 Å². The van der Waals surface area contributed by atoms with Crippen molar-refractivity contribution in [1.82, 2.24) is 4.98 Å². The molecule has 0 saturated heterocycles. The second kappa shape index (κ2) is 13.0. The molecule has 3 heteroatoms. The molecule has 56 heavy (non-hydrogen) atoms. The molecule has 0 bridgehead atoms. The van der Waals surface area contributed by atoms with Gasteiger partial charge in [-0.2, -0.15) is 0 Å². The summed E-state index contributed by atoms with van der Waals surface area (Å²) in [5, 5.41) is 0. The van der Waals surface area contributed by atoms with E-state index < -0.39 is 0 Å². The predicted octanol–water partition coefficient (Wildman–Crippen LogP) is 14.3. The molecule has 1 aromatic heterocycles. The number of aromatic nitrogens is 1. The van der Waals surface area contributed by atoms with Gasteiger partial charge < -0.3 is 9.80 Å². The van der Waals surface area contributed by atoms with Gasteiger partial charge in [-0.15, -0.1) is 0 Å². The predicted molar refractivity (Wildman–Crippen MR) is 234 cm³/mol. The molecule has 0 saturated carbocycles. The van der Waals surface area contributed by atoms with Crippen LogP contribution < -0.4 is 9.80 Å². The van der Waals surface area contributed by atoms with Crippen LogP contribution in [-0.2, 0) is 10.8 Å². The first kappa shape index (κ1) is 33.8. The van der Waals surface area contributed by atoms with Crippen molar-refractivity contribution in [3.8, 4) is 33.5 Å². The lowest BCUT2D eigenvalue weighted by Crippen LogP contribution is -2.19. The van der Waals surface area contributed by atoms with Gasteiger partial charge in [0, 0.05) is 56.1 Å². The molecule has 3 nitrogen and oxygen atoms in total. The molecule has 270 valence electrons. The van der Waals surface area contributed by atoms with E-state index in [-0.39, 0.29) is 10.8 Å². The quantitative estimate of drug-likeness (QED) is 0.163. The fourth-order valence-corrected chi connectivity index (χ4v) is 9.03. The van der Waals surface area contributed by atoms with Crippen molar-refractivity contribution < 1.29 is 0 Å². The van der Waals surface area contributed by atoms with Gasteiger partial charge in [0.2, 0.25) is 0 Å². The van der Waals surface area contributed by atoms with Crippen LogP contribution in [0.4, 0.5) is 34.1 Å². The maximum Gasteiger partial charge on any atom is 0.0750 e. The van der Waals surface area contributed by atoms with Gasteiger partial charge in [0.25, 0.3) is 0 Å². The van der Waals surface area contributed by atoms with Gasteiger partial charge >= 0.3 is 0 Å². The van der Waals surface area contributed by atoms with E-state index in [0.29, 0.717) is 0 Å². The van der Waals surface area contributed by atoms with E-state index in [1.165, 1.54) is 44.5 Å². The van der Waals surface area contributed by atoms with Gasteiger partial charge in [-0.25, -0.2) is 0 Å². The molecular weight excluding hydrogens is 679 g/mol. The van der Waals surface area contributed by atoms with Crippen molar-refractivity contribution in [2.75, 3.05) is 9.80 Å². The number of hydrogen-bond donors (Lipinski definition) is 0. The molecule has 7 aromatic carbocycles. The molecule has 0 N–H and O–H groups in total. The number of anilines is 6. The minimum Gasteiger partial charge on any atom is -0.311 e. The van der Waals surface area contributed by atoms with Crippen molar-refractivity contribution in [2.24, 2.45) is 0 Å². The van der Waals surface area contributed by atoms with E-state index in [2.05, 4.69) is 226 Å². The van der Waals surface area contributed by atoms with E-state index in [1.807, 2.05) is 0 Å². The van der Waals surface area contributed by atoms with Gasteiger partial charge in [-0.3, -0.25) is 4.98 Å². The third-order valence-corrected chi connectivity index (χ3v) is 12.0. The van der Waals surface area contributed by atoms with E-state index in [1.54, 1.807) is 0 Å². The molecule has 2 aliphatic carbocycles. The molecular formula is C53H43N3. The van der Waals surface area contributed by atoms with Crippen LogP contribution in [0.1, 0.15) is 50.1 Å². The molecule has 8 aromatic rings. The zero-order chi connectivity index (χ0) is 38.0. The number of pyridine rings is 1. The summed E-state index contributed by atoms with van der Waals surface area (Å²) in [7, 11) is 0. The van der Waals surface area contributed by atoms with Crippen LogP contribution in [0.5, 0.6) is 0 Å². The minimum absolute atomic E-state index is 0.204. The van der Waals surface area contributed by atoms with Gasteiger partial charge in [0.1, 0.15) is 0 Å². The van der Waals surface area contributed by atoms with E-state index in [4.69, 9.17) is 4.98 Å². The van der Waals surface area contributed by atoms with E-state index >= 15 is 0 Å². The number of benzene rings is 7. The molecule has 0 aliphatic heterocycles. The second-order valence-electron chi connectivity index (χ2n) is 16.1. The maximum atomic E-state index is 5.60. The molecule has 0 spiro atoms. The molecule has 1 heterocycles. The standard InChI is InChI=1S/C53H43N3/c1-52(2)47-33-37(36-25-28-42(29-26-36)55(38-17-9-5-10-18-38)39-19-11-6-12-20-39)27-31-45(47)50-49(52)35-46-44-32-30-43(34-48(44)53(3,4)51(46)54-50)56(40-21-13-7-14-22-40)41-23-15-8-16-24-41/h5-35H,1-4H3. The Balaban J connectivity index is 1.00. The van der Waals surface area contributed by atoms with Gasteiger partial charge in [0.15, 0.2) is 0 Å². The fraction of sp³-hybridized carbons (Fsp3) is 0.113. The molecule has 10 rings (SSSR count). The van der Waals surface area contributed by atoms with E-state index in [9.17, 15) is 0 Å². The first-order valence-corrected chi connectivity index (χ1v) is 19.6. The topological polar surface area (TPSA) is 19.4 Å². The second-order valence-corrected chi connectivity index (χ2v) is 16.1. The lowest BCUT2D eigenvalue weighted by atomic mass is 9.81. The summed E-state index contributed by atoms with van der Waals surface area (Å²) >= 11 is 0. The maximum absolute atomic E-state index is 5.60. The van der Waals surface area contributed by atoms with Crippen LogP contribution in [0.3, 0.4) is 0 Å². The zero-order valence-electron chi connectivity index (χ0n) is 32.2. The summed E-state index contributed by atoms with van der Waals surface area (Å²) in [6.07, 6.45) is 0. The highest BCUT2D eigenvalue weighted by Crippen LogP contribution is 2.56.